The fraction of sp³-hybridized carbons (Fsp3) is 0.250. The molecule has 0 spiro atoms. The molecule has 5 heteroatoms. The summed E-state index contributed by atoms with van der Waals surface area (Å²) in [5, 5.41) is 4.10. The third kappa shape index (κ3) is 3.67. The molecular weight excluding hydrogens is 314 g/mol. The number of H-pyrrole nitrogens is 1. The average Bonchev–Trinajstić information content (AvgIpc) is 3.06. The molecule has 0 saturated heterocycles. The topological polar surface area (TPSA) is 80.1 Å². The molecule has 3 aromatic rings. The van der Waals surface area contributed by atoms with E-state index in [0.29, 0.717) is 6.54 Å². The van der Waals surface area contributed by atoms with Crippen LogP contribution in [0.4, 0.5) is 0 Å². The van der Waals surface area contributed by atoms with Crippen molar-refractivity contribution >= 4 is 16.8 Å². The summed E-state index contributed by atoms with van der Waals surface area (Å²) >= 11 is 0. The van der Waals surface area contributed by atoms with Crippen molar-refractivity contribution in [3.8, 4) is 5.75 Å². The van der Waals surface area contributed by atoms with Crippen molar-refractivity contribution in [2.24, 2.45) is 5.73 Å². The lowest BCUT2D eigenvalue weighted by atomic mass is 9.90. The minimum atomic E-state index is -0.528. The van der Waals surface area contributed by atoms with Crippen LogP contribution in [0.3, 0.4) is 0 Å². The highest BCUT2D eigenvalue weighted by Gasteiger charge is 2.20. The molecule has 0 aliphatic heterocycles. The predicted octanol–water partition coefficient (Wildman–Crippen LogP) is 2.77. The Bertz CT molecular complexity index is 853. The molecule has 1 heterocycles. The molecule has 0 bridgehead atoms. The number of fused-ring (bicyclic) bond motifs is 1. The molecule has 0 saturated carbocycles. The molecule has 0 aliphatic rings. The normalized spacial score (nSPS) is 13.4. The zero-order chi connectivity index (χ0) is 17.8. The van der Waals surface area contributed by atoms with Gasteiger partial charge in [-0.25, -0.2) is 0 Å². The SMILES string of the molecule is COc1ccc(C(CNC(=O)C(C)N)c2c[nH]c3ccccc23)cc1. The maximum Gasteiger partial charge on any atom is 0.236 e. The number of para-hydroxylation sites is 1. The zero-order valence-corrected chi connectivity index (χ0v) is 14.5. The summed E-state index contributed by atoms with van der Waals surface area (Å²) < 4.78 is 5.25. The van der Waals surface area contributed by atoms with Gasteiger partial charge in [-0.05, 0) is 36.2 Å². The van der Waals surface area contributed by atoms with Crippen LogP contribution in [0.1, 0.15) is 24.0 Å². The molecule has 2 unspecified atom stereocenters. The Morgan fingerprint density at radius 2 is 1.92 bits per heavy atom. The number of carbonyl (C=O) groups excluding carboxylic acids is 1. The van der Waals surface area contributed by atoms with E-state index in [2.05, 4.69) is 16.4 Å². The number of aromatic nitrogens is 1. The Morgan fingerprint density at radius 1 is 1.20 bits per heavy atom. The van der Waals surface area contributed by atoms with Crippen LogP contribution >= 0.6 is 0 Å². The van der Waals surface area contributed by atoms with Crippen molar-refractivity contribution < 1.29 is 9.53 Å². The van der Waals surface area contributed by atoms with Gasteiger partial charge in [-0.2, -0.15) is 0 Å². The minimum Gasteiger partial charge on any atom is -0.497 e. The van der Waals surface area contributed by atoms with E-state index in [1.165, 1.54) is 0 Å². The Hall–Kier alpha value is -2.79. The Labute approximate surface area is 147 Å². The monoisotopic (exact) mass is 337 g/mol. The van der Waals surface area contributed by atoms with Crippen molar-refractivity contribution in [2.75, 3.05) is 13.7 Å². The highest BCUT2D eigenvalue weighted by molar-refractivity contribution is 5.85. The van der Waals surface area contributed by atoms with Crippen LogP contribution in [0.5, 0.6) is 5.75 Å². The van der Waals surface area contributed by atoms with Gasteiger partial charge < -0.3 is 20.8 Å². The highest BCUT2D eigenvalue weighted by atomic mass is 16.5. The molecular formula is C20H23N3O2. The average molecular weight is 337 g/mol. The largest absolute Gasteiger partial charge is 0.497 e. The molecule has 0 aliphatic carbocycles. The molecule has 2 aromatic carbocycles. The maximum absolute atomic E-state index is 11.9. The molecule has 3 rings (SSSR count). The predicted molar refractivity (Wildman–Crippen MR) is 99.8 cm³/mol. The molecule has 130 valence electrons. The molecule has 5 nitrogen and oxygen atoms in total. The lowest BCUT2D eigenvalue weighted by Crippen LogP contribution is -2.40. The second kappa shape index (κ2) is 7.40. The van der Waals surface area contributed by atoms with Crippen molar-refractivity contribution in [1.82, 2.24) is 10.3 Å². The fourth-order valence-electron chi connectivity index (χ4n) is 2.99. The number of hydrogen-bond acceptors (Lipinski definition) is 3. The van der Waals surface area contributed by atoms with Gasteiger partial charge in [-0.15, -0.1) is 0 Å². The number of nitrogens with one attached hydrogen (secondary N) is 2. The number of hydrogen-bond donors (Lipinski definition) is 3. The molecule has 0 radical (unpaired) electrons. The third-order valence-corrected chi connectivity index (χ3v) is 4.41. The third-order valence-electron chi connectivity index (χ3n) is 4.41. The number of methoxy groups -OCH3 is 1. The second-order valence-corrected chi connectivity index (χ2v) is 6.15. The lowest BCUT2D eigenvalue weighted by molar-refractivity contribution is -0.122. The van der Waals surface area contributed by atoms with Crippen molar-refractivity contribution in [1.29, 1.82) is 0 Å². The number of aromatic amines is 1. The van der Waals surface area contributed by atoms with Crippen molar-refractivity contribution in [3.05, 3.63) is 65.9 Å². The van der Waals surface area contributed by atoms with Crippen LogP contribution in [0, 0.1) is 0 Å². The molecule has 1 aromatic heterocycles. The first-order chi connectivity index (χ1) is 12.1. The van der Waals surface area contributed by atoms with Crippen LogP contribution in [-0.4, -0.2) is 30.6 Å². The van der Waals surface area contributed by atoms with Gasteiger partial charge in [-0.3, -0.25) is 4.79 Å². The van der Waals surface area contributed by atoms with E-state index in [1.807, 2.05) is 48.7 Å². The number of rotatable bonds is 6. The summed E-state index contributed by atoms with van der Waals surface area (Å²) in [4.78, 5) is 15.3. The summed E-state index contributed by atoms with van der Waals surface area (Å²) in [7, 11) is 1.65. The van der Waals surface area contributed by atoms with Gasteiger partial charge in [0.05, 0.1) is 13.2 Å². The van der Waals surface area contributed by atoms with Gasteiger partial charge in [-0.1, -0.05) is 30.3 Å². The number of benzene rings is 2. The molecule has 25 heavy (non-hydrogen) atoms. The van der Waals surface area contributed by atoms with Crippen molar-refractivity contribution in [2.45, 2.75) is 18.9 Å². The summed E-state index contributed by atoms with van der Waals surface area (Å²) in [6, 6.07) is 15.6. The summed E-state index contributed by atoms with van der Waals surface area (Å²) in [6.45, 7) is 2.16. The van der Waals surface area contributed by atoms with Crippen molar-refractivity contribution in [3.63, 3.8) is 0 Å². The van der Waals surface area contributed by atoms with Gasteiger partial charge in [0.2, 0.25) is 5.91 Å². The van der Waals surface area contributed by atoms with E-state index >= 15 is 0 Å². The summed E-state index contributed by atoms with van der Waals surface area (Å²) in [5.74, 6) is 0.671. The molecule has 1 amide bonds. The van der Waals surface area contributed by atoms with E-state index in [4.69, 9.17) is 10.5 Å². The van der Waals surface area contributed by atoms with Crippen LogP contribution in [0.15, 0.2) is 54.7 Å². The Kier molecular flexibility index (Phi) is 5.05. The number of carbonyl (C=O) groups is 1. The number of nitrogens with two attached hydrogens (primary N) is 1. The molecule has 4 N–H and O–H groups in total. The lowest BCUT2D eigenvalue weighted by Gasteiger charge is -2.19. The first-order valence-electron chi connectivity index (χ1n) is 8.33. The highest BCUT2D eigenvalue weighted by Crippen LogP contribution is 2.31. The van der Waals surface area contributed by atoms with Crippen LogP contribution in [0.2, 0.25) is 0 Å². The van der Waals surface area contributed by atoms with Gasteiger partial charge in [0.1, 0.15) is 5.75 Å². The molecule has 2 atom stereocenters. The molecule has 0 fully saturated rings. The summed E-state index contributed by atoms with van der Waals surface area (Å²) in [5.41, 5.74) is 9.00. The van der Waals surface area contributed by atoms with E-state index in [9.17, 15) is 4.79 Å². The van der Waals surface area contributed by atoms with Crippen LogP contribution in [-0.2, 0) is 4.79 Å². The Balaban J connectivity index is 1.97. The Morgan fingerprint density at radius 3 is 2.60 bits per heavy atom. The zero-order valence-electron chi connectivity index (χ0n) is 14.5. The van der Waals surface area contributed by atoms with Gasteiger partial charge in [0, 0.05) is 29.6 Å². The fourth-order valence-corrected chi connectivity index (χ4v) is 2.99. The quantitative estimate of drug-likeness (QED) is 0.647. The van der Waals surface area contributed by atoms with E-state index < -0.39 is 6.04 Å². The standard InChI is InChI=1S/C20H23N3O2/c1-13(21)20(24)23-11-17(14-7-9-15(25-2)10-8-14)18-12-22-19-6-4-3-5-16(18)19/h3-10,12-13,17,22H,11,21H2,1-2H3,(H,23,24). The summed E-state index contributed by atoms with van der Waals surface area (Å²) in [6.07, 6.45) is 2.01. The minimum absolute atomic E-state index is 0.0183. The van der Waals surface area contributed by atoms with Crippen LogP contribution < -0.4 is 15.8 Å². The maximum atomic E-state index is 11.9. The van der Waals surface area contributed by atoms with E-state index in [1.54, 1.807) is 14.0 Å². The smallest absolute Gasteiger partial charge is 0.236 e. The van der Waals surface area contributed by atoms with Gasteiger partial charge in [0.25, 0.3) is 0 Å². The van der Waals surface area contributed by atoms with Gasteiger partial charge in [0.15, 0.2) is 0 Å². The van der Waals surface area contributed by atoms with E-state index in [-0.39, 0.29) is 11.8 Å². The number of ether oxygens (including phenoxy) is 1. The first-order valence-corrected chi connectivity index (χ1v) is 8.33. The van der Waals surface area contributed by atoms with Gasteiger partial charge >= 0.3 is 0 Å². The van der Waals surface area contributed by atoms with E-state index in [0.717, 1.165) is 27.8 Å². The number of amides is 1. The first kappa shape index (κ1) is 17.0. The second-order valence-electron chi connectivity index (χ2n) is 6.15. The van der Waals surface area contributed by atoms with Crippen LogP contribution in [0.25, 0.3) is 10.9 Å².